The average molecular weight is 215 g/mol. The maximum atomic E-state index is 11.1. The monoisotopic (exact) mass is 215 g/mol. The molecule has 88 valence electrons. The molecule has 4 heteroatoms. The Balaban J connectivity index is 2.23. The standard InChI is InChI=1S/C11H21NO3/c1-4-14-11(13)7-12-10-5-8(2)15-9(3)6-10/h8-10,12H,4-7H2,1-3H3. The van der Waals surface area contributed by atoms with Crippen molar-refractivity contribution in [1.29, 1.82) is 0 Å². The minimum Gasteiger partial charge on any atom is -0.465 e. The molecule has 0 saturated carbocycles. The van der Waals surface area contributed by atoms with Gasteiger partial charge in [0.05, 0.1) is 25.4 Å². The lowest BCUT2D eigenvalue weighted by Crippen LogP contribution is -2.43. The van der Waals surface area contributed by atoms with E-state index in [1.54, 1.807) is 0 Å². The molecule has 0 amide bonds. The molecule has 1 saturated heterocycles. The topological polar surface area (TPSA) is 47.6 Å². The summed E-state index contributed by atoms with van der Waals surface area (Å²) in [6.07, 6.45) is 2.47. The van der Waals surface area contributed by atoms with E-state index in [2.05, 4.69) is 19.2 Å². The number of nitrogens with one attached hydrogen (secondary N) is 1. The molecular formula is C11H21NO3. The van der Waals surface area contributed by atoms with Crippen LogP contribution in [0.5, 0.6) is 0 Å². The summed E-state index contributed by atoms with van der Waals surface area (Å²) >= 11 is 0. The molecule has 15 heavy (non-hydrogen) atoms. The molecule has 0 aromatic carbocycles. The van der Waals surface area contributed by atoms with Gasteiger partial charge in [0.1, 0.15) is 0 Å². The van der Waals surface area contributed by atoms with Gasteiger partial charge in [-0.15, -0.1) is 0 Å². The average Bonchev–Trinajstić information content (AvgIpc) is 2.14. The van der Waals surface area contributed by atoms with E-state index in [1.807, 2.05) is 6.92 Å². The molecule has 1 fully saturated rings. The molecule has 1 rings (SSSR count). The highest BCUT2D eigenvalue weighted by atomic mass is 16.5. The Morgan fingerprint density at radius 1 is 1.40 bits per heavy atom. The first kappa shape index (κ1) is 12.5. The summed E-state index contributed by atoms with van der Waals surface area (Å²) < 4.78 is 10.5. The van der Waals surface area contributed by atoms with Gasteiger partial charge in [0.2, 0.25) is 0 Å². The first-order valence-corrected chi connectivity index (χ1v) is 5.66. The highest BCUT2D eigenvalue weighted by molar-refractivity contribution is 5.71. The van der Waals surface area contributed by atoms with Crippen molar-refractivity contribution < 1.29 is 14.3 Å². The number of hydrogen-bond donors (Lipinski definition) is 1. The van der Waals surface area contributed by atoms with Gasteiger partial charge >= 0.3 is 5.97 Å². The minimum absolute atomic E-state index is 0.177. The SMILES string of the molecule is CCOC(=O)CNC1CC(C)OC(C)C1. The van der Waals surface area contributed by atoms with Crippen molar-refractivity contribution in [3.05, 3.63) is 0 Å². The van der Waals surface area contributed by atoms with Crippen molar-refractivity contribution in [3.63, 3.8) is 0 Å². The summed E-state index contributed by atoms with van der Waals surface area (Å²) in [6, 6.07) is 0.369. The van der Waals surface area contributed by atoms with Crippen LogP contribution in [0.4, 0.5) is 0 Å². The van der Waals surface area contributed by atoms with E-state index in [0.29, 0.717) is 19.2 Å². The molecule has 0 radical (unpaired) electrons. The lowest BCUT2D eigenvalue weighted by Gasteiger charge is -2.32. The Morgan fingerprint density at radius 3 is 2.53 bits per heavy atom. The number of carbonyl (C=O) groups is 1. The van der Waals surface area contributed by atoms with Crippen LogP contribution >= 0.6 is 0 Å². The quantitative estimate of drug-likeness (QED) is 0.713. The predicted octanol–water partition coefficient (Wildman–Crippen LogP) is 1.10. The Labute approximate surface area is 91.3 Å². The van der Waals surface area contributed by atoms with Crippen molar-refractivity contribution in [2.45, 2.75) is 51.9 Å². The van der Waals surface area contributed by atoms with Crippen LogP contribution < -0.4 is 5.32 Å². The molecule has 2 atom stereocenters. The van der Waals surface area contributed by atoms with Crippen LogP contribution in [0, 0.1) is 0 Å². The first-order chi connectivity index (χ1) is 7.11. The van der Waals surface area contributed by atoms with E-state index in [4.69, 9.17) is 9.47 Å². The Hall–Kier alpha value is -0.610. The zero-order chi connectivity index (χ0) is 11.3. The zero-order valence-electron chi connectivity index (χ0n) is 9.79. The van der Waals surface area contributed by atoms with Crippen molar-refractivity contribution in [2.75, 3.05) is 13.2 Å². The summed E-state index contributed by atoms with van der Waals surface area (Å²) in [5.41, 5.74) is 0. The largest absolute Gasteiger partial charge is 0.465 e. The molecule has 0 bridgehead atoms. The molecule has 4 nitrogen and oxygen atoms in total. The molecule has 1 aliphatic rings. The highest BCUT2D eigenvalue weighted by Crippen LogP contribution is 2.18. The van der Waals surface area contributed by atoms with Gasteiger partial charge in [-0.1, -0.05) is 0 Å². The van der Waals surface area contributed by atoms with Crippen LogP contribution in [0.15, 0.2) is 0 Å². The van der Waals surface area contributed by atoms with Gasteiger partial charge in [-0.25, -0.2) is 0 Å². The molecule has 0 aromatic heterocycles. The van der Waals surface area contributed by atoms with Crippen molar-refractivity contribution in [2.24, 2.45) is 0 Å². The molecule has 0 aliphatic carbocycles. The van der Waals surface area contributed by atoms with E-state index in [0.717, 1.165) is 12.8 Å². The first-order valence-electron chi connectivity index (χ1n) is 5.66. The van der Waals surface area contributed by atoms with Crippen molar-refractivity contribution >= 4 is 5.97 Å². The summed E-state index contributed by atoms with van der Waals surface area (Å²) in [5, 5.41) is 3.21. The second kappa shape index (κ2) is 6.08. The van der Waals surface area contributed by atoms with Crippen molar-refractivity contribution in [1.82, 2.24) is 5.32 Å². The van der Waals surface area contributed by atoms with E-state index >= 15 is 0 Å². The molecular weight excluding hydrogens is 194 g/mol. The van der Waals surface area contributed by atoms with Gasteiger partial charge in [-0.3, -0.25) is 4.79 Å². The fraction of sp³-hybridized carbons (Fsp3) is 0.909. The highest BCUT2D eigenvalue weighted by Gasteiger charge is 2.24. The summed E-state index contributed by atoms with van der Waals surface area (Å²) in [6.45, 7) is 6.69. The van der Waals surface area contributed by atoms with E-state index in [-0.39, 0.29) is 18.2 Å². The van der Waals surface area contributed by atoms with E-state index < -0.39 is 0 Å². The molecule has 1 aliphatic heterocycles. The van der Waals surface area contributed by atoms with Gasteiger partial charge in [0, 0.05) is 6.04 Å². The van der Waals surface area contributed by atoms with Gasteiger partial charge in [-0.05, 0) is 33.6 Å². The Bertz CT molecular complexity index is 198. The van der Waals surface area contributed by atoms with Crippen LogP contribution in [0.1, 0.15) is 33.6 Å². The maximum Gasteiger partial charge on any atom is 0.319 e. The normalized spacial score (nSPS) is 31.3. The summed E-state index contributed by atoms with van der Waals surface area (Å²) in [7, 11) is 0. The van der Waals surface area contributed by atoms with Gasteiger partial charge in [0.15, 0.2) is 0 Å². The zero-order valence-corrected chi connectivity index (χ0v) is 9.79. The smallest absolute Gasteiger partial charge is 0.319 e. The lowest BCUT2D eigenvalue weighted by atomic mass is 10.00. The van der Waals surface area contributed by atoms with Gasteiger partial charge < -0.3 is 14.8 Å². The summed E-state index contributed by atoms with van der Waals surface area (Å²) in [5.74, 6) is -0.177. The molecule has 0 spiro atoms. The van der Waals surface area contributed by atoms with Gasteiger partial charge in [0.25, 0.3) is 0 Å². The third kappa shape index (κ3) is 4.62. The van der Waals surface area contributed by atoms with Crippen LogP contribution in [-0.2, 0) is 14.3 Å². The predicted molar refractivity (Wildman–Crippen MR) is 57.7 cm³/mol. The second-order valence-corrected chi connectivity index (χ2v) is 4.11. The third-order valence-corrected chi connectivity index (χ3v) is 2.54. The van der Waals surface area contributed by atoms with Crippen LogP contribution in [0.2, 0.25) is 0 Å². The fourth-order valence-corrected chi connectivity index (χ4v) is 2.01. The lowest BCUT2D eigenvalue weighted by molar-refractivity contribution is -0.142. The van der Waals surface area contributed by atoms with Crippen LogP contribution in [0.25, 0.3) is 0 Å². The van der Waals surface area contributed by atoms with Gasteiger partial charge in [-0.2, -0.15) is 0 Å². The number of carbonyl (C=O) groups excluding carboxylic acids is 1. The van der Waals surface area contributed by atoms with Crippen molar-refractivity contribution in [3.8, 4) is 0 Å². The second-order valence-electron chi connectivity index (χ2n) is 4.11. The fourth-order valence-electron chi connectivity index (χ4n) is 2.01. The molecule has 1 heterocycles. The number of esters is 1. The van der Waals surface area contributed by atoms with E-state index in [9.17, 15) is 4.79 Å². The van der Waals surface area contributed by atoms with E-state index in [1.165, 1.54) is 0 Å². The number of hydrogen-bond acceptors (Lipinski definition) is 4. The maximum absolute atomic E-state index is 11.1. The molecule has 1 N–H and O–H groups in total. The van der Waals surface area contributed by atoms with Crippen LogP contribution in [-0.4, -0.2) is 37.4 Å². The Morgan fingerprint density at radius 2 is 2.00 bits per heavy atom. The van der Waals surface area contributed by atoms with Crippen LogP contribution in [0.3, 0.4) is 0 Å². The minimum atomic E-state index is -0.177. The molecule has 0 aromatic rings. The third-order valence-electron chi connectivity index (χ3n) is 2.54. The summed E-state index contributed by atoms with van der Waals surface area (Å²) in [4.78, 5) is 11.1. The number of ether oxygens (including phenoxy) is 2. The molecule has 2 unspecified atom stereocenters. The number of rotatable bonds is 4. The Kier molecular flexibility index (Phi) is 5.05.